The van der Waals surface area contributed by atoms with Gasteiger partial charge in [0, 0.05) is 69.9 Å². The lowest BCUT2D eigenvalue weighted by atomic mass is 9.96. The van der Waals surface area contributed by atoms with E-state index in [1.807, 2.05) is 21.2 Å². The van der Waals surface area contributed by atoms with Gasteiger partial charge in [-0.2, -0.15) is 5.26 Å². The van der Waals surface area contributed by atoms with Crippen molar-refractivity contribution >= 4 is 53.8 Å². The second kappa shape index (κ2) is 15.1. The van der Waals surface area contributed by atoms with Crippen LogP contribution in [0, 0.1) is 41.1 Å². The largest absolute Gasteiger partial charge is 0.463 e. The van der Waals surface area contributed by atoms with Crippen molar-refractivity contribution in [3.05, 3.63) is 59.0 Å². The standard InChI is InChI=1S/C28H24F2IN5O6S2/c1-14-19(29)8-18(9-20(14)30)22-12-36(35-34-22)25-26(41-16(3)38)23(13-40-15(2)37)42-28(27(25)39-4)44-24-7-17(5-6-43-31)11-33-21(24)10-32/h7-9,11-12,23,25-28H,13H2,1-4H3. The molecule has 0 N–H and O–H groups in total. The Labute approximate surface area is 271 Å². The second-order valence-electron chi connectivity index (χ2n) is 9.36. The lowest BCUT2D eigenvalue weighted by molar-refractivity contribution is -0.208. The zero-order valence-corrected chi connectivity index (χ0v) is 27.4. The fourth-order valence-corrected chi connectivity index (χ4v) is 6.20. The molecular formula is C28H24F2IN5O6S2. The van der Waals surface area contributed by atoms with Crippen molar-refractivity contribution in [2.45, 2.75) is 55.5 Å². The average molecular weight is 756 g/mol. The van der Waals surface area contributed by atoms with Crippen LogP contribution in [-0.2, 0) is 28.5 Å². The van der Waals surface area contributed by atoms with Crippen molar-refractivity contribution < 1.29 is 37.3 Å². The third-order valence-electron chi connectivity index (χ3n) is 6.47. The van der Waals surface area contributed by atoms with Gasteiger partial charge >= 0.3 is 11.9 Å². The van der Waals surface area contributed by atoms with Crippen LogP contribution in [0.1, 0.15) is 36.7 Å². The van der Waals surface area contributed by atoms with Gasteiger partial charge in [0.1, 0.15) is 53.7 Å². The van der Waals surface area contributed by atoms with E-state index in [9.17, 15) is 23.6 Å². The number of aromatic nitrogens is 4. The Kier molecular flexibility index (Phi) is 11.6. The quantitative estimate of drug-likeness (QED) is 0.178. The number of methoxy groups -OCH3 is 1. The smallest absolute Gasteiger partial charge is 0.303 e. The molecule has 16 heteroatoms. The number of carbonyl (C=O) groups excluding carboxylic acids is 2. The Bertz CT molecular complexity index is 1640. The van der Waals surface area contributed by atoms with Gasteiger partial charge in [0.05, 0.1) is 6.20 Å². The molecule has 1 saturated heterocycles. The summed E-state index contributed by atoms with van der Waals surface area (Å²) < 4.78 is 53.2. The Morgan fingerprint density at radius 3 is 2.52 bits per heavy atom. The van der Waals surface area contributed by atoms with Crippen molar-refractivity contribution in [2.24, 2.45) is 0 Å². The van der Waals surface area contributed by atoms with Gasteiger partial charge in [0.15, 0.2) is 11.8 Å². The topological polar surface area (TPSA) is 138 Å². The van der Waals surface area contributed by atoms with Gasteiger partial charge in [-0.25, -0.2) is 18.4 Å². The number of hydrogen-bond donors (Lipinski definition) is 0. The third-order valence-corrected chi connectivity index (χ3v) is 8.49. The molecule has 1 aliphatic rings. The minimum Gasteiger partial charge on any atom is -0.463 e. The van der Waals surface area contributed by atoms with Crippen LogP contribution in [0.25, 0.3) is 11.3 Å². The predicted molar refractivity (Wildman–Crippen MR) is 164 cm³/mol. The molecule has 3 aromatic rings. The molecule has 0 radical (unpaired) electrons. The van der Waals surface area contributed by atoms with Crippen LogP contribution in [-0.4, -0.2) is 69.4 Å². The van der Waals surface area contributed by atoms with Crippen LogP contribution >= 0.6 is 41.9 Å². The average Bonchev–Trinajstić information content (AvgIpc) is 3.48. The Morgan fingerprint density at radius 1 is 1.18 bits per heavy atom. The van der Waals surface area contributed by atoms with Crippen molar-refractivity contribution in [1.29, 1.82) is 5.26 Å². The van der Waals surface area contributed by atoms with Crippen LogP contribution in [0.15, 0.2) is 35.5 Å². The van der Waals surface area contributed by atoms with E-state index in [0.717, 1.165) is 23.9 Å². The minimum absolute atomic E-state index is 0.114. The maximum atomic E-state index is 14.4. The molecule has 3 heterocycles. The summed E-state index contributed by atoms with van der Waals surface area (Å²) in [7, 11) is 2.70. The van der Waals surface area contributed by atoms with E-state index in [2.05, 4.69) is 32.5 Å². The summed E-state index contributed by atoms with van der Waals surface area (Å²) in [5, 5.41) is 20.9. The molecule has 5 atom stereocenters. The van der Waals surface area contributed by atoms with Gasteiger partial charge in [0.2, 0.25) is 0 Å². The molecule has 5 unspecified atom stereocenters. The maximum absolute atomic E-state index is 14.4. The number of esters is 2. The molecule has 0 amide bonds. The second-order valence-corrected chi connectivity index (χ2v) is 12.2. The molecule has 1 aromatic carbocycles. The first-order valence-corrected chi connectivity index (χ1v) is 17.0. The summed E-state index contributed by atoms with van der Waals surface area (Å²) in [4.78, 5) is 28.7. The highest BCUT2D eigenvalue weighted by Crippen LogP contribution is 2.42. The molecular weight excluding hydrogens is 731 g/mol. The highest BCUT2D eigenvalue weighted by Gasteiger charge is 2.51. The molecule has 0 saturated carbocycles. The van der Waals surface area contributed by atoms with Gasteiger partial charge in [-0.1, -0.05) is 22.9 Å². The van der Waals surface area contributed by atoms with E-state index < -0.39 is 53.4 Å². The fourth-order valence-electron chi connectivity index (χ4n) is 4.45. The number of benzene rings is 1. The van der Waals surface area contributed by atoms with Crippen molar-refractivity contribution in [2.75, 3.05) is 13.7 Å². The minimum atomic E-state index is -1.11. The number of nitriles is 1. The van der Waals surface area contributed by atoms with Crippen LogP contribution in [0.4, 0.5) is 8.78 Å². The number of rotatable bonds is 8. The molecule has 1 fully saturated rings. The first-order valence-electron chi connectivity index (χ1n) is 12.8. The normalized spacial score (nSPS) is 21.1. The molecule has 0 aliphatic carbocycles. The van der Waals surface area contributed by atoms with Gasteiger partial charge in [-0.15, -0.1) is 5.10 Å². The number of nitrogens with zero attached hydrogens (tertiary/aromatic N) is 5. The number of pyridine rings is 1. The van der Waals surface area contributed by atoms with Gasteiger partial charge < -0.3 is 18.9 Å². The predicted octanol–water partition coefficient (Wildman–Crippen LogP) is 4.76. The maximum Gasteiger partial charge on any atom is 0.303 e. The monoisotopic (exact) mass is 755 g/mol. The van der Waals surface area contributed by atoms with E-state index in [1.165, 1.54) is 53.9 Å². The molecule has 44 heavy (non-hydrogen) atoms. The Balaban J connectivity index is 1.80. The molecule has 0 bridgehead atoms. The van der Waals surface area contributed by atoms with E-state index >= 15 is 0 Å². The highest BCUT2D eigenvalue weighted by atomic mass is 127. The van der Waals surface area contributed by atoms with Crippen molar-refractivity contribution in [3.8, 4) is 28.5 Å². The Morgan fingerprint density at radius 2 is 1.91 bits per heavy atom. The molecule has 4 rings (SSSR count). The number of carbonyl (C=O) groups is 2. The number of halogens is 3. The zero-order valence-electron chi connectivity index (χ0n) is 23.6. The molecule has 230 valence electrons. The SMILES string of the molecule is COC1C(Sc2cc(C#CSI)cnc2C#N)OC(COC(C)=O)C(OC(C)=O)C1n1cc(-c2cc(F)c(C)c(F)c2)nn1. The summed E-state index contributed by atoms with van der Waals surface area (Å²) in [5.41, 5.74) is -0.0798. The Hall–Kier alpha value is -3.29. The summed E-state index contributed by atoms with van der Waals surface area (Å²) in [6.07, 6.45) is -0.122. The van der Waals surface area contributed by atoms with Gasteiger partial charge in [-0.05, 0) is 39.3 Å². The van der Waals surface area contributed by atoms with E-state index in [-0.39, 0.29) is 29.1 Å². The van der Waals surface area contributed by atoms with Gasteiger partial charge in [-0.3, -0.25) is 9.59 Å². The fraction of sp³-hybridized carbons (Fsp3) is 0.357. The molecule has 2 aromatic heterocycles. The first-order chi connectivity index (χ1) is 21.1. The molecule has 0 spiro atoms. The first kappa shape index (κ1) is 33.6. The lowest BCUT2D eigenvalue weighted by Crippen LogP contribution is -2.57. The summed E-state index contributed by atoms with van der Waals surface area (Å²) in [6.45, 7) is 3.45. The lowest BCUT2D eigenvalue weighted by Gasteiger charge is -2.44. The van der Waals surface area contributed by atoms with Crippen LogP contribution in [0.3, 0.4) is 0 Å². The van der Waals surface area contributed by atoms with Crippen LogP contribution < -0.4 is 0 Å². The summed E-state index contributed by atoms with van der Waals surface area (Å²) >= 11 is 3.15. The summed E-state index contributed by atoms with van der Waals surface area (Å²) in [5.74, 6) is 0.187. The van der Waals surface area contributed by atoms with Crippen LogP contribution in [0.2, 0.25) is 0 Å². The van der Waals surface area contributed by atoms with Gasteiger partial charge in [0.25, 0.3) is 0 Å². The van der Waals surface area contributed by atoms with Crippen LogP contribution in [0.5, 0.6) is 0 Å². The van der Waals surface area contributed by atoms with E-state index in [0.29, 0.717) is 10.5 Å². The molecule has 11 nitrogen and oxygen atoms in total. The number of ether oxygens (including phenoxy) is 4. The van der Waals surface area contributed by atoms with Crippen molar-refractivity contribution in [3.63, 3.8) is 0 Å². The van der Waals surface area contributed by atoms with E-state index in [1.54, 1.807) is 6.07 Å². The van der Waals surface area contributed by atoms with Crippen molar-refractivity contribution in [1.82, 2.24) is 20.0 Å². The zero-order chi connectivity index (χ0) is 32.0. The van der Waals surface area contributed by atoms with E-state index in [4.69, 9.17) is 18.9 Å². The highest BCUT2D eigenvalue weighted by molar-refractivity contribution is 14.2. The molecule has 1 aliphatic heterocycles. The number of thioether (sulfide) groups is 1. The number of hydrogen-bond acceptors (Lipinski definition) is 12. The third kappa shape index (κ3) is 7.86. The summed E-state index contributed by atoms with van der Waals surface area (Å²) in [6, 6.07) is 5.08.